The number of anilines is 1. The quantitative estimate of drug-likeness (QED) is 0.254. The summed E-state index contributed by atoms with van der Waals surface area (Å²) in [4.78, 5) is 26.6. The summed E-state index contributed by atoms with van der Waals surface area (Å²) in [6.07, 6.45) is -17.2. The van der Waals surface area contributed by atoms with E-state index in [1.165, 1.54) is 6.92 Å². The standard InChI is InChI=1S/C26H22F9NO5/c1-4-16-12-19(18-11-13(24(27,28)29)6-7-20(18)36(16)23(38)40-5-2)21(22(37)39-3)41-17-9-14(25(30,31)32)8-15(10-17)26(33,34)35/h6-12,16,21H,4-5H2,1-3H3/t16-,21?/m1/s1. The van der Waals surface area contributed by atoms with E-state index in [2.05, 4.69) is 4.74 Å². The van der Waals surface area contributed by atoms with Crippen molar-refractivity contribution in [3.63, 3.8) is 0 Å². The van der Waals surface area contributed by atoms with Crippen molar-refractivity contribution in [2.24, 2.45) is 0 Å². The lowest BCUT2D eigenvalue weighted by Gasteiger charge is -2.36. The van der Waals surface area contributed by atoms with Crippen LogP contribution in [0.15, 0.2) is 42.5 Å². The third kappa shape index (κ3) is 6.88. The van der Waals surface area contributed by atoms with Gasteiger partial charge in [0, 0.05) is 11.1 Å². The molecule has 0 saturated heterocycles. The Labute approximate surface area is 227 Å². The highest BCUT2D eigenvalue weighted by atomic mass is 19.4. The first-order valence-electron chi connectivity index (χ1n) is 11.9. The minimum atomic E-state index is -5.24. The molecule has 0 aliphatic carbocycles. The van der Waals surface area contributed by atoms with Crippen LogP contribution in [0.4, 0.5) is 50.0 Å². The molecule has 41 heavy (non-hydrogen) atoms. The first-order valence-corrected chi connectivity index (χ1v) is 11.9. The number of carbonyl (C=O) groups excluding carboxylic acids is 2. The van der Waals surface area contributed by atoms with Crippen LogP contribution < -0.4 is 9.64 Å². The molecule has 2 aromatic carbocycles. The van der Waals surface area contributed by atoms with Crippen LogP contribution in [0.2, 0.25) is 0 Å². The van der Waals surface area contributed by atoms with E-state index in [0.29, 0.717) is 12.1 Å². The molecule has 0 aromatic heterocycles. The Morgan fingerprint density at radius 1 is 0.854 bits per heavy atom. The molecule has 0 spiro atoms. The number of benzene rings is 2. The van der Waals surface area contributed by atoms with Gasteiger partial charge in [0.05, 0.1) is 42.1 Å². The predicted molar refractivity (Wildman–Crippen MR) is 126 cm³/mol. The SMILES string of the molecule is CCOC(=O)N1c2ccc(C(F)(F)F)cc2C(C(Oc2cc(C(F)(F)F)cc(C(F)(F)F)c2)C(=O)OC)=C[C@H]1CC. The molecule has 1 unspecified atom stereocenters. The van der Waals surface area contributed by atoms with Crippen LogP contribution in [0.25, 0.3) is 5.57 Å². The maximum absolute atomic E-state index is 13.6. The number of fused-ring (bicyclic) bond motifs is 1. The van der Waals surface area contributed by atoms with Crippen molar-refractivity contribution in [1.82, 2.24) is 0 Å². The van der Waals surface area contributed by atoms with Gasteiger partial charge < -0.3 is 14.2 Å². The fourth-order valence-corrected chi connectivity index (χ4v) is 4.14. The molecule has 0 saturated carbocycles. The topological polar surface area (TPSA) is 65.1 Å². The van der Waals surface area contributed by atoms with Gasteiger partial charge in [-0.2, -0.15) is 39.5 Å². The first kappa shape index (κ1) is 31.6. The Morgan fingerprint density at radius 2 is 1.41 bits per heavy atom. The van der Waals surface area contributed by atoms with Gasteiger partial charge in [-0.3, -0.25) is 4.90 Å². The highest BCUT2D eigenvalue weighted by molar-refractivity contribution is 6.01. The van der Waals surface area contributed by atoms with Crippen LogP contribution in [0.5, 0.6) is 5.75 Å². The number of amides is 1. The molecule has 0 N–H and O–H groups in total. The van der Waals surface area contributed by atoms with Gasteiger partial charge in [-0.15, -0.1) is 0 Å². The fraction of sp³-hybridized carbons (Fsp3) is 0.385. The molecule has 2 atom stereocenters. The van der Waals surface area contributed by atoms with E-state index in [-0.39, 0.29) is 42.5 Å². The van der Waals surface area contributed by atoms with E-state index in [1.54, 1.807) is 6.92 Å². The second kappa shape index (κ2) is 11.5. The zero-order valence-corrected chi connectivity index (χ0v) is 21.5. The lowest BCUT2D eigenvalue weighted by Crippen LogP contribution is -2.44. The zero-order valence-electron chi connectivity index (χ0n) is 21.5. The number of hydrogen-bond acceptors (Lipinski definition) is 5. The molecule has 1 amide bonds. The molecule has 1 aliphatic heterocycles. The minimum Gasteiger partial charge on any atom is -0.474 e. The molecular formula is C26H22F9NO5. The van der Waals surface area contributed by atoms with Crippen LogP contribution in [-0.2, 0) is 32.8 Å². The molecule has 0 bridgehead atoms. The molecule has 15 heteroatoms. The fourth-order valence-electron chi connectivity index (χ4n) is 4.14. The third-order valence-electron chi connectivity index (χ3n) is 5.99. The summed E-state index contributed by atoms with van der Waals surface area (Å²) in [6.45, 7) is 2.98. The van der Waals surface area contributed by atoms with E-state index in [4.69, 9.17) is 9.47 Å². The summed E-state index contributed by atoms with van der Waals surface area (Å²) in [7, 11) is 0.838. The molecule has 0 fully saturated rings. The summed E-state index contributed by atoms with van der Waals surface area (Å²) >= 11 is 0. The Kier molecular flexibility index (Phi) is 8.89. The highest BCUT2D eigenvalue weighted by Gasteiger charge is 2.41. The molecule has 6 nitrogen and oxygen atoms in total. The van der Waals surface area contributed by atoms with E-state index in [0.717, 1.165) is 24.2 Å². The smallest absolute Gasteiger partial charge is 0.416 e. The third-order valence-corrected chi connectivity index (χ3v) is 5.99. The minimum absolute atomic E-state index is 0.0940. The number of methoxy groups -OCH3 is 1. The highest BCUT2D eigenvalue weighted by Crippen LogP contribution is 2.43. The number of carbonyl (C=O) groups is 2. The monoisotopic (exact) mass is 599 g/mol. The summed E-state index contributed by atoms with van der Waals surface area (Å²) in [5.74, 6) is -2.40. The summed E-state index contributed by atoms with van der Waals surface area (Å²) < 4.78 is 136. The maximum Gasteiger partial charge on any atom is 0.416 e. The average Bonchev–Trinajstić information content (AvgIpc) is 2.88. The van der Waals surface area contributed by atoms with Crippen LogP contribution in [0.3, 0.4) is 0 Å². The molecule has 2 aromatic rings. The van der Waals surface area contributed by atoms with Crippen molar-refractivity contribution in [3.05, 3.63) is 64.7 Å². The van der Waals surface area contributed by atoms with E-state index in [1.807, 2.05) is 0 Å². The molecule has 0 radical (unpaired) electrons. The van der Waals surface area contributed by atoms with Gasteiger partial charge in [-0.1, -0.05) is 13.0 Å². The normalized spacial score (nSPS) is 16.4. The van der Waals surface area contributed by atoms with E-state index in [9.17, 15) is 49.1 Å². The average molecular weight is 599 g/mol. The van der Waals surface area contributed by atoms with Gasteiger partial charge in [0.1, 0.15) is 5.75 Å². The predicted octanol–water partition coefficient (Wildman–Crippen LogP) is 7.50. The Morgan fingerprint density at radius 3 is 1.88 bits per heavy atom. The van der Waals surface area contributed by atoms with E-state index < -0.39 is 70.7 Å². The second-order valence-electron chi connectivity index (χ2n) is 8.66. The van der Waals surface area contributed by atoms with Crippen molar-refractivity contribution < 1.29 is 63.3 Å². The number of esters is 1. The van der Waals surface area contributed by atoms with Gasteiger partial charge in [0.25, 0.3) is 0 Å². The number of hydrogen-bond donors (Lipinski definition) is 0. The van der Waals surface area contributed by atoms with Crippen LogP contribution in [0.1, 0.15) is 42.5 Å². The van der Waals surface area contributed by atoms with E-state index >= 15 is 0 Å². The number of ether oxygens (including phenoxy) is 3. The van der Waals surface area contributed by atoms with Crippen LogP contribution in [-0.4, -0.2) is 37.9 Å². The number of nitrogens with zero attached hydrogens (tertiary/aromatic N) is 1. The maximum atomic E-state index is 13.6. The van der Waals surface area contributed by atoms with Crippen LogP contribution >= 0.6 is 0 Å². The van der Waals surface area contributed by atoms with Crippen molar-refractivity contribution in [2.45, 2.75) is 50.9 Å². The largest absolute Gasteiger partial charge is 0.474 e. The molecule has 1 aliphatic rings. The lowest BCUT2D eigenvalue weighted by atomic mass is 9.89. The van der Waals surface area contributed by atoms with Gasteiger partial charge >= 0.3 is 30.6 Å². The second-order valence-corrected chi connectivity index (χ2v) is 8.66. The first-order chi connectivity index (χ1) is 18.9. The lowest BCUT2D eigenvalue weighted by molar-refractivity contribution is -0.146. The Balaban J connectivity index is 2.27. The molecule has 224 valence electrons. The Hall–Kier alpha value is -3.91. The van der Waals surface area contributed by atoms with Crippen molar-refractivity contribution in [2.75, 3.05) is 18.6 Å². The number of halogens is 9. The van der Waals surface area contributed by atoms with Crippen molar-refractivity contribution >= 4 is 23.3 Å². The van der Waals surface area contributed by atoms with Gasteiger partial charge in [-0.05, 0) is 49.7 Å². The van der Waals surface area contributed by atoms with Crippen molar-refractivity contribution in [3.8, 4) is 5.75 Å². The molecular weight excluding hydrogens is 577 g/mol. The summed E-state index contributed by atoms with van der Waals surface area (Å²) in [6, 6.07) is 1.48. The zero-order chi connectivity index (χ0) is 30.9. The van der Waals surface area contributed by atoms with Gasteiger partial charge in [0.15, 0.2) is 0 Å². The Bertz CT molecular complexity index is 1300. The molecule has 3 rings (SSSR count). The summed E-state index contributed by atoms with van der Waals surface area (Å²) in [5.41, 5.74) is -5.67. The van der Waals surface area contributed by atoms with Gasteiger partial charge in [-0.25, -0.2) is 9.59 Å². The van der Waals surface area contributed by atoms with Crippen LogP contribution in [0, 0.1) is 0 Å². The van der Waals surface area contributed by atoms with Crippen molar-refractivity contribution in [1.29, 1.82) is 0 Å². The number of rotatable bonds is 6. The van der Waals surface area contributed by atoms with Gasteiger partial charge in [0.2, 0.25) is 6.10 Å². The number of alkyl halides is 9. The summed E-state index contributed by atoms with van der Waals surface area (Å²) in [5, 5.41) is 0. The molecule has 1 heterocycles.